The van der Waals surface area contributed by atoms with E-state index in [0.29, 0.717) is 24.6 Å². The van der Waals surface area contributed by atoms with Crippen LogP contribution in [0, 0.1) is 6.92 Å². The number of hydrogen-bond donors (Lipinski definition) is 0. The maximum absolute atomic E-state index is 12.6. The van der Waals surface area contributed by atoms with E-state index in [9.17, 15) is 4.79 Å². The van der Waals surface area contributed by atoms with Crippen LogP contribution in [-0.2, 0) is 0 Å². The van der Waals surface area contributed by atoms with Crippen molar-refractivity contribution in [1.82, 2.24) is 9.88 Å². The average Bonchev–Trinajstić information content (AvgIpc) is 3.13. The number of carbonyl (C=O) groups excluding carboxylic acids is 1. The molecule has 1 saturated heterocycles. The van der Waals surface area contributed by atoms with Gasteiger partial charge in [-0.3, -0.25) is 9.79 Å². The number of thioether (sulfide) groups is 1. The second-order valence-electron chi connectivity index (χ2n) is 7.37. The van der Waals surface area contributed by atoms with Crippen LogP contribution in [0.3, 0.4) is 0 Å². The van der Waals surface area contributed by atoms with Crippen molar-refractivity contribution in [3.63, 3.8) is 0 Å². The van der Waals surface area contributed by atoms with Crippen LogP contribution in [0.5, 0.6) is 5.88 Å². The molecule has 3 heterocycles. The summed E-state index contributed by atoms with van der Waals surface area (Å²) in [6, 6.07) is 12.0. The van der Waals surface area contributed by atoms with Gasteiger partial charge in [-0.25, -0.2) is 4.98 Å². The number of benzene rings is 1. The Kier molecular flexibility index (Phi) is 6.00. The van der Waals surface area contributed by atoms with Crippen LogP contribution in [0.1, 0.15) is 28.4 Å². The molecule has 0 spiro atoms. The van der Waals surface area contributed by atoms with Gasteiger partial charge in [0.1, 0.15) is 6.61 Å². The summed E-state index contributed by atoms with van der Waals surface area (Å²) in [5.41, 5.74) is 6.28. The zero-order chi connectivity index (χ0) is 20.2. The van der Waals surface area contributed by atoms with Crippen LogP contribution in [0.15, 0.2) is 58.7 Å². The zero-order valence-electron chi connectivity index (χ0n) is 16.9. The van der Waals surface area contributed by atoms with E-state index in [1.807, 2.05) is 16.7 Å². The first-order valence-electron chi connectivity index (χ1n) is 9.88. The minimum atomic E-state index is 0.0486. The summed E-state index contributed by atoms with van der Waals surface area (Å²) in [5, 5.41) is 0. The lowest BCUT2D eigenvalue weighted by molar-refractivity contribution is 0.0772. The van der Waals surface area contributed by atoms with Crippen molar-refractivity contribution >= 4 is 23.4 Å². The van der Waals surface area contributed by atoms with Crippen LogP contribution in [0.4, 0.5) is 0 Å². The molecule has 0 bridgehead atoms. The summed E-state index contributed by atoms with van der Waals surface area (Å²) < 4.78 is 5.94. The van der Waals surface area contributed by atoms with Gasteiger partial charge in [0.2, 0.25) is 5.88 Å². The summed E-state index contributed by atoms with van der Waals surface area (Å²) in [6.45, 7) is 6.90. The molecular weight excluding hydrogens is 382 g/mol. The highest BCUT2D eigenvalue weighted by atomic mass is 32.2. The molecule has 5 nitrogen and oxygen atoms in total. The minimum Gasteiger partial charge on any atom is -0.473 e. The number of hydrogen-bond acceptors (Lipinski definition) is 5. The van der Waals surface area contributed by atoms with Gasteiger partial charge >= 0.3 is 0 Å². The predicted octanol–water partition coefficient (Wildman–Crippen LogP) is 3.78. The third-order valence-electron chi connectivity index (χ3n) is 5.25. The first-order chi connectivity index (χ1) is 14.1. The van der Waals surface area contributed by atoms with Gasteiger partial charge in [-0.2, -0.15) is 11.8 Å². The first-order valence-corrected chi connectivity index (χ1v) is 11.0. The van der Waals surface area contributed by atoms with E-state index < -0.39 is 0 Å². The topological polar surface area (TPSA) is 54.8 Å². The molecule has 0 saturated carbocycles. The maximum Gasteiger partial charge on any atom is 0.255 e. The van der Waals surface area contributed by atoms with E-state index in [1.165, 1.54) is 11.1 Å². The molecule has 0 aliphatic carbocycles. The van der Waals surface area contributed by atoms with Crippen molar-refractivity contribution in [3.05, 3.63) is 70.4 Å². The maximum atomic E-state index is 12.6. The molecule has 1 amide bonds. The number of aromatic nitrogens is 1. The Bertz CT molecular complexity index is 943. The molecule has 2 aliphatic heterocycles. The fourth-order valence-electron chi connectivity index (χ4n) is 3.45. The summed E-state index contributed by atoms with van der Waals surface area (Å²) in [5.74, 6) is 2.57. The molecule has 2 aromatic rings. The van der Waals surface area contributed by atoms with Gasteiger partial charge in [-0.15, -0.1) is 0 Å². The Morgan fingerprint density at radius 2 is 1.86 bits per heavy atom. The van der Waals surface area contributed by atoms with Gasteiger partial charge in [0.05, 0.1) is 17.8 Å². The molecule has 0 atom stereocenters. The number of aliphatic imine (C=N–C) groups is 1. The fraction of sp³-hybridized carbons (Fsp3) is 0.348. The van der Waals surface area contributed by atoms with E-state index in [2.05, 4.69) is 48.1 Å². The van der Waals surface area contributed by atoms with Crippen LogP contribution >= 0.6 is 11.8 Å². The molecule has 0 N–H and O–H groups in total. The average molecular weight is 408 g/mol. The molecule has 2 aliphatic rings. The number of nitrogens with zero attached hydrogens (tertiary/aromatic N) is 3. The predicted molar refractivity (Wildman–Crippen MR) is 118 cm³/mol. The smallest absolute Gasteiger partial charge is 0.255 e. The number of rotatable bonds is 5. The summed E-state index contributed by atoms with van der Waals surface area (Å²) in [7, 11) is 0. The van der Waals surface area contributed by atoms with Crippen LogP contribution < -0.4 is 4.74 Å². The molecule has 1 fully saturated rings. The van der Waals surface area contributed by atoms with Gasteiger partial charge < -0.3 is 9.64 Å². The van der Waals surface area contributed by atoms with E-state index in [4.69, 9.17) is 4.74 Å². The van der Waals surface area contributed by atoms with E-state index >= 15 is 0 Å². The Morgan fingerprint density at radius 1 is 1.10 bits per heavy atom. The highest BCUT2D eigenvalue weighted by Gasteiger charge is 2.20. The fourth-order valence-corrected chi connectivity index (χ4v) is 4.35. The van der Waals surface area contributed by atoms with E-state index in [-0.39, 0.29) is 5.91 Å². The first kappa shape index (κ1) is 19.7. The zero-order valence-corrected chi connectivity index (χ0v) is 17.7. The highest BCUT2D eigenvalue weighted by Crippen LogP contribution is 2.22. The molecule has 0 radical (unpaired) electrons. The van der Waals surface area contributed by atoms with Gasteiger partial charge in [-0.1, -0.05) is 29.8 Å². The SMILES string of the molecule is CC1=C(COc2ccc(C(=O)N3CCSCC3)cn2)C(c2ccc(C)cc2)=NC1. The van der Waals surface area contributed by atoms with Crippen molar-refractivity contribution < 1.29 is 9.53 Å². The van der Waals surface area contributed by atoms with Gasteiger partial charge in [-0.05, 0) is 25.5 Å². The van der Waals surface area contributed by atoms with Crippen molar-refractivity contribution in [2.24, 2.45) is 4.99 Å². The molecule has 150 valence electrons. The highest BCUT2D eigenvalue weighted by molar-refractivity contribution is 7.99. The Balaban J connectivity index is 1.40. The number of aryl methyl sites for hydroxylation is 1. The van der Waals surface area contributed by atoms with Crippen LogP contribution in [-0.4, -0.2) is 59.2 Å². The number of pyridine rings is 1. The normalized spacial score (nSPS) is 16.8. The molecule has 6 heteroatoms. The summed E-state index contributed by atoms with van der Waals surface area (Å²) in [4.78, 5) is 23.5. The van der Waals surface area contributed by atoms with Crippen LogP contribution in [0.25, 0.3) is 0 Å². The second kappa shape index (κ2) is 8.82. The molecule has 1 aromatic heterocycles. The Morgan fingerprint density at radius 3 is 2.55 bits per heavy atom. The number of amides is 1. The summed E-state index contributed by atoms with van der Waals surface area (Å²) in [6.07, 6.45) is 1.62. The molecule has 4 rings (SSSR count). The van der Waals surface area contributed by atoms with Gasteiger partial charge in [0.15, 0.2) is 0 Å². The van der Waals surface area contributed by atoms with Crippen molar-refractivity contribution in [2.75, 3.05) is 37.7 Å². The lowest BCUT2D eigenvalue weighted by Crippen LogP contribution is -2.37. The molecular formula is C23H25N3O2S. The molecule has 1 aromatic carbocycles. The molecule has 29 heavy (non-hydrogen) atoms. The van der Waals surface area contributed by atoms with Crippen LogP contribution in [0.2, 0.25) is 0 Å². The lowest BCUT2D eigenvalue weighted by atomic mass is 10.0. The van der Waals surface area contributed by atoms with Crippen molar-refractivity contribution in [3.8, 4) is 5.88 Å². The minimum absolute atomic E-state index is 0.0486. The van der Waals surface area contributed by atoms with Gasteiger partial charge in [0, 0.05) is 48.0 Å². The molecule has 0 unspecified atom stereocenters. The van der Waals surface area contributed by atoms with Crippen molar-refractivity contribution in [1.29, 1.82) is 0 Å². The Labute approximate surface area is 175 Å². The number of ether oxygens (including phenoxy) is 1. The standard InChI is InChI=1S/C23H25N3O2S/c1-16-3-5-18(6-4-16)22-20(17(2)13-25-22)15-28-21-8-7-19(14-24-21)23(27)26-9-11-29-12-10-26/h3-8,14H,9-13,15H2,1-2H3. The third-order valence-corrected chi connectivity index (χ3v) is 6.19. The monoisotopic (exact) mass is 407 g/mol. The largest absolute Gasteiger partial charge is 0.473 e. The van der Waals surface area contributed by atoms with Crippen molar-refractivity contribution in [2.45, 2.75) is 13.8 Å². The van der Waals surface area contributed by atoms with Gasteiger partial charge in [0.25, 0.3) is 5.91 Å². The van der Waals surface area contributed by atoms with E-state index in [0.717, 1.165) is 41.4 Å². The summed E-state index contributed by atoms with van der Waals surface area (Å²) >= 11 is 1.89. The van der Waals surface area contributed by atoms with E-state index in [1.54, 1.807) is 18.3 Å². The lowest BCUT2D eigenvalue weighted by Gasteiger charge is -2.26. The second-order valence-corrected chi connectivity index (χ2v) is 8.59. The quantitative estimate of drug-likeness (QED) is 0.757. The third kappa shape index (κ3) is 4.53. The Hall–Kier alpha value is -2.60. The number of carbonyl (C=O) groups is 1.